The SMILES string of the molecule is COc1cc(C)c(C)cc1C(O)C1CCCC1. The van der Waals surface area contributed by atoms with Gasteiger partial charge < -0.3 is 9.84 Å². The van der Waals surface area contributed by atoms with E-state index in [1.165, 1.54) is 24.0 Å². The topological polar surface area (TPSA) is 29.5 Å². The fourth-order valence-electron chi connectivity index (χ4n) is 2.75. The van der Waals surface area contributed by atoms with E-state index in [2.05, 4.69) is 19.9 Å². The zero-order valence-corrected chi connectivity index (χ0v) is 11.0. The highest BCUT2D eigenvalue weighted by Gasteiger charge is 2.26. The van der Waals surface area contributed by atoms with Crippen molar-refractivity contribution in [2.45, 2.75) is 45.6 Å². The normalized spacial score (nSPS) is 18.4. The number of benzene rings is 1. The Morgan fingerprint density at radius 2 is 1.76 bits per heavy atom. The molecule has 0 aromatic heterocycles. The summed E-state index contributed by atoms with van der Waals surface area (Å²) in [7, 11) is 1.68. The Morgan fingerprint density at radius 3 is 2.35 bits per heavy atom. The van der Waals surface area contributed by atoms with Crippen LogP contribution in [0.15, 0.2) is 12.1 Å². The molecule has 0 bridgehead atoms. The summed E-state index contributed by atoms with van der Waals surface area (Å²) < 4.78 is 5.40. The van der Waals surface area contributed by atoms with E-state index in [0.717, 1.165) is 24.2 Å². The highest BCUT2D eigenvalue weighted by Crippen LogP contribution is 2.39. The first-order chi connectivity index (χ1) is 8.13. The summed E-state index contributed by atoms with van der Waals surface area (Å²) >= 11 is 0. The molecule has 0 spiro atoms. The first kappa shape index (κ1) is 12.4. The summed E-state index contributed by atoms with van der Waals surface area (Å²) in [6.45, 7) is 4.16. The average Bonchev–Trinajstić information content (AvgIpc) is 2.84. The summed E-state index contributed by atoms with van der Waals surface area (Å²) in [5, 5.41) is 10.5. The molecule has 1 aromatic rings. The summed E-state index contributed by atoms with van der Waals surface area (Å²) in [4.78, 5) is 0. The van der Waals surface area contributed by atoms with Crippen LogP contribution in [0.1, 0.15) is 48.5 Å². The quantitative estimate of drug-likeness (QED) is 0.867. The molecule has 0 aliphatic heterocycles. The molecule has 1 N–H and O–H groups in total. The molecule has 2 rings (SSSR count). The Labute approximate surface area is 104 Å². The van der Waals surface area contributed by atoms with Crippen molar-refractivity contribution in [1.82, 2.24) is 0 Å². The second-order valence-corrected chi connectivity index (χ2v) is 5.17. The van der Waals surface area contributed by atoms with E-state index < -0.39 is 0 Å². The van der Waals surface area contributed by atoms with E-state index in [9.17, 15) is 5.11 Å². The predicted molar refractivity (Wildman–Crippen MR) is 69.4 cm³/mol. The van der Waals surface area contributed by atoms with Crippen LogP contribution in [0.4, 0.5) is 0 Å². The van der Waals surface area contributed by atoms with Crippen molar-refractivity contribution in [3.63, 3.8) is 0 Å². The van der Waals surface area contributed by atoms with E-state index in [1.54, 1.807) is 7.11 Å². The molecule has 0 radical (unpaired) electrons. The third-order valence-electron chi connectivity index (χ3n) is 4.01. The molecule has 94 valence electrons. The molecule has 0 heterocycles. The largest absolute Gasteiger partial charge is 0.496 e. The number of rotatable bonds is 3. The molecular weight excluding hydrogens is 212 g/mol. The van der Waals surface area contributed by atoms with Crippen LogP contribution in [0.2, 0.25) is 0 Å². The lowest BCUT2D eigenvalue weighted by molar-refractivity contribution is 0.108. The van der Waals surface area contributed by atoms with E-state index in [0.29, 0.717) is 5.92 Å². The molecule has 1 atom stereocenters. The molecule has 2 nitrogen and oxygen atoms in total. The van der Waals surface area contributed by atoms with Crippen molar-refractivity contribution < 1.29 is 9.84 Å². The Bertz CT molecular complexity index is 392. The smallest absolute Gasteiger partial charge is 0.124 e. The third kappa shape index (κ3) is 2.47. The van der Waals surface area contributed by atoms with Crippen molar-refractivity contribution in [2.75, 3.05) is 7.11 Å². The lowest BCUT2D eigenvalue weighted by Gasteiger charge is -2.21. The molecule has 1 aliphatic carbocycles. The van der Waals surface area contributed by atoms with E-state index in [-0.39, 0.29) is 6.10 Å². The molecule has 1 aliphatic rings. The van der Waals surface area contributed by atoms with Crippen molar-refractivity contribution in [1.29, 1.82) is 0 Å². The Morgan fingerprint density at radius 1 is 1.18 bits per heavy atom. The summed E-state index contributed by atoms with van der Waals surface area (Å²) in [6, 6.07) is 4.11. The maximum atomic E-state index is 10.5. The van der Waals surface area contributed by atoms with Gasteiger partial charge in [0.05, 0.1) is 13.2 Å². The summed E-state index contributed by atoms with van der Waals surface area (Å²) in [5.41, 5.74) is 3.39. The first-order valence-electron chi connectivity index (χ1n) is 6.46. The van der Waals surface area contributed by atoms with Crippen LogP contribution in [-0.4, -0.2) is 12.2 Å². The zero-order chi connectivity index (χ0) is 12.4. The highest BCUT2D eigenvalue weighted by molar-refractivity contribution is 5.43. The van der Waals surface area contributed by atoms with Crippen LogP contribution >= 0.6 is 0 Å². The first-order valence-corrected chi connectivity index (χ1v) is 6.46. The molecule has 0 saturated heterocycles. The second-order valence-electron chi connectivity index (χ2n) is 5.17. The lowest BCUT2D eigenvalue weighted by Crippen LogP contribution is -2.11. The Balaban J connectivity index is 2.32. The van der Waals surface area contributed by atoms with Gasteiger partial charge >= 0.3 is 0 Å². The minimum atomic E-state index is -0.369. The van der Waals surface area contributed by atoms with Crippen LogP contribution in [0.5, 0.6) is 5.75 Å². The number of aliphatic hydroxyl groups excluding tert-OH is 1. The van der Waals surface area contributed by atoms with Crippen LogP contribution < -0.4 is 4.74 Å². The number of methoxy groups -OCH3 is 1. The number of hydrogen-bond acceptors (Lipinski definition) is 2. The highest BCUT2D eigenvalue weighted by atomic mass is 16.5. The molecule has 1 saturated carbocycles. The van der Waals surface area contributed by atoms with Crippen molar-refractivity contribution in [3.8, 4) is 5.75 Å². The van der Waals surface area contributed by atoms with Gasteiger partial charge in [-0.15, -0.1) is 0 Å². The van der Waals surface area contributed by atoms with Crippen LogP contribution in [0, 0.1) is 19.8 Å². The van der Waals surface area contributed by atoms with E-state index >= 15 is 0 Å². The molecule has 1 fully saturated rings. The average molecular weight is 234 g/mol. The molecule has 2 heteroatoms. The molecule has 1 aromatic carbocycles. The fourth-order valence-corrected chi connectivity index (χ4v) is 2.75. The van der Waals surface area contributed by atoms with Gasteiger partial charge in [-0.05, 0) is 55.9 Å². The number of aryl methyl sites for hydroxylation is 2. The van der Waals surface area contributed by atoms with Crippen LogP contribution in [0.3, 0.4) is 0 Å². The number of aliphatic hydroxyl groups is 1. The fraction of sp³-hybridized carbons (Fsp3) is 0.600. The number of hydrogen-bond donors (Lipinski definition) is 1. The van der Waals surface area contributed by atoms with Gasteiger partial charge in [-0.25, -0.2) is 0 Å². The van der Waals surface area contributed by atoms with Crippen molar-refractivity contribution in [3.05, 3.63) is 28.8 Å². The second kappa shape index (κ2) is 5.09. The Kier molecular flexibility index (Phi) is 3.72. The Hall–Kier alpha value is -1.02. The van der Waals surface area contributed by atoms with Gasteiger partial charge in [0.2, 0.25) is 0 Å². The zero-order valence-electron chi connectivity index (χ0n) is 11.0. The minimum absolute atomic E-state index is 0.369. The van der Waals surface area contributed by atoms with Gasteiger partial charge in [-0.2, -0.15) is 0 Å². The van der Waals surface area contributed by atoms with Gasteiger partial charge in [-0.1, -0.05) is 12.8 Å². The van der Waals surface area contributed by atoms with Crippen LogP contribution in [-0.2, 0) is 0 Å². The standard InChI is InChI=1S/C15H22O2/c1-10-8-13(14(17-3)9-11(10)2)15(16)12-6-4-5-7-12/h8-9,12,15-16H,4-7H2,1-3H3. The van der Waals surface area contributed by atoms with Crippen molar-refractivity contribution in [2.24, 2.45) is 5.92 Å². The van der Waals surface area contributed by atoms with E-state index in [4.69, 9.17) is 4.74 Å². The van der Waals surface area contributed by atoms with Gasteiger partial charge in [0.1, 0.15) is 5.75 Å². The van der Waals surface area contributed by atoms with Gasteiger partial charge in [0.25, 0.3) is 0 Å². The summed E-state index contributed by atoms with van der Waals surface area (Å²) in [5.74, 6) is 1.23. The van der Waals surface area contributed by atoms with Crippen molar-refractivity contribution >= 4 is 0 Å². The summed E-state index contributed by atoms with van der Waals surface area (Å²) in [6.07, 6.45) is 4.39. The third-order valence-corrected chi connectivity index (χ3v) is 4.01. The van der Waals surface area contributed by atoms with Gasteiger partial charge in [0, 0.05) is 5.56 Å². The maximum absolute atomic E-state index is 10.5. The molecular formula is C15H22O2. The van der Waals surface area contributed by atoms with Crippen LogP contribution in [0.25, 0.3) is 0 Å². The number of ether oxygens (including phenoxy) is 1. The molecule has 1 unspecified atom stereocenters. The van der Waals surface area contributed by atoms with E-state index in [1.807, 2.05) is 6.07 Å². The lowest BCUT2D eigenvalue weighted by atomic mass is 9.91. The van der Waals surface area contributed by atoms with Gasteiger partial charge in [-0.3, -0.25) is 0 Å². The molecule has 0 amide bonds. The predicted octanol–water partition coefficient (Wildman–Crippen LogP) is 3.54. The molecule has 17 heavy (non-hydrogen) atoms. The maximum Gasteiger partial charge on any atom is 0.124 e. The monoisotopic (exact) mass is 234 g/mol. The van der Waals surface area contributed by atoms with Gasteiger partial charge in [0.15, 0.2) is 0 Å². The minimum Gasteiger partial charge on any atom is -0.496 e.